The number of thiazole rings is 1. The van der Waals surface area contributed by atoms with Gasteiger partial charge in [0.15, 0.2) is 0 Å². The lowest BCUT2D eigenvalue weighted by molar-refractivity contribution is 0.296. The van der Waals surface area contributed by atoms with E-state index in [-0.39, 0.29) is 6.61 Å². The van der Waals surface area contributed by atoms with Gasteiger partial charge < -0.3 is 16.2 Å². The van der Waals surface area contributed by atoms with Gasteiger partial charge in [-0.15, -0.1) is 11.3 Å². The number of nitrogen functional groups attached to an aromatic ring is 1. The molecule has 104 valence electrons. The van der Waals surface area contributed by atoms with Crippen molar-refractivity contribution >= 4 is 44.7 Å². The first-order valence-corrected chi connectivity index (χ1v) is 8.27. The molecular formula is C13H19N3OS2. The zero-order valence-corrected chi connectivity index (χ0v) is 12.6. The monoisotopic (exact) mass is 297 g/mol. The van der Waals surface area contributed by atoms with Crippen LogP contribution in [0.5, 0.6) is 0 Å². The van der Waals surface area contributed by atoms with Crippen LogP contribution in [0.25, 0.3) is 10.2 Å². The van der Waals surface area contributed by atoms with Crippen LogP contribution < -0.4 is 11.1 Å². The van der Waals surface area contributed by atoms with Crippen LogP contribution in [0.2, 0.25) is 0 Å². The van der Waals surface area contributed by atoms with Crippen molar-refractivity contribution in [3.63, 3.8) is 0 Å². The SMILES string of the molecule is Cc1nc2cc(NCCSCCCO)c(N)cc2s1. The first kappa shape index (κ1) is 14.4. The van der Waals surface area contributed by atoms with Crippen molar-refractivity contribution in [3.8, 4) is 0 Å². The van der Waals surface area contributed by atoms with Crippen LogP contribution in [0, 0.1) is 6.92 Å². The molecule has 6 heteroatoms. The predicted octanol–water partition coefficient (Wildman–Crippen LogP) is 2.71. The Morgan fingerprint density at radius 2 is 2.26 bits per heavy atom. The summed E-state index contributed by atoms with van der Waals surface area (Å²) in [6, 6.07) is 4.01. The summed E-state index contributed by atoms with van der Waals surface area (Å²) in [5.41, 5.74) is 8.77. The molecule has 4 nitrogen and oxygen atoms in total. The van der Waals surface area contributed by atoms with E-state index in [1.54, 1.807) is 11.3 Å². The van der Waals surface area contributed by atoms with Crippen molar-refractivity contribution in [1.29, 1.82) is 0 Å². The third-order valence-corrected chi connectivity index (χ3v) is 4.68. The van der Waals surface area contributed by atoms with E-state index in [4.69, 9.17) is 10.8 Å². The molecule has 0 aliphatic carbocycles. The zero-order valence-electron chi connectivity index (χ0n) is 11.0. The van der Waals surface area contributed by atoms with E-state index in [2.05, 4.69) is 10.3 Å². The van der Waals surface area contributed by atoms with E-state index in [0.29, 0.717) is 0 Å². The Hall–Kier alpha value is -0.980. The molecule has 0 aliphatic rings. The number of anilines is 2. The molecule has 2 rings (SSSR count). The van der Waals surface area contributed by atoms with Gasteiger partial charge in [0.1, 0.15) is 0 Å². The normalized spacial score (nSPS) is 11.1. The van der Waals surface area contributed by atoms with Gasteiger partial charge in [0, 0.05) is 18.9 Å². The number of aliphatic hydroxyl groups is 1. The van der Waals surface area contributed by atoms with Crippen molar-refractivity contribution in [1.82, 2.24) is 4.98 Å². The summed E-state index contributed by atoms with van der Waals surface area (Å²) in [5, 5.41) is 13.1. The quantitative estimate of drug-likeness (QED) is 0.541. The van der Waals surface area contributed by atoms with Crippen LogP contribution in [-0.2, 0) is 0 Å². The van der Waals surface area contributed by atoms with Gasteiger partial charge in [0.2, 0.25) is 0 Å². The minimum atomic E-state index is 0.271. The molecule has 0 atom stereocenters. The maximum atomic E-state index is 8.69. The number of thioether (sulfide) groups is 1. The number of aliphatic hydroxyl groups excluding tert-OH is 1. The minimum absolute atomic E-state index is 0.271. The van der Waals surface area contributed by atoms with Crippen LogP contribution in [0.15, 0.2) is 12.1 Å². The number of rotatable bonds is 7. The lowest BCUT2D eigenvalue weighted by atomic mass is 10.2. The molecule has 0 fully saturated rings. The Kier molecular flexibility index (Phi) is 5.30. The fraction of sp³-hybridized carbons (Fsp3) is 0.462. The summed E-state index contributed by atoms with van der Waals surface area (Å²) >= 11 is 3.50. The number of benzene rings is 1. The Morgan fingerprint density at radius 3 is 3.05 bits per heavy atom. The molecule has 2 aromatic rings. The summed E-state index contributed by atoms with van der Waals surface area (Å²) in [7, 11) is 0. The summed E-state index contributed by atoms with van der Waals surface area (Å²) in [5.74, 6) is 2.01. The summed E-state index contributed by atoms with van der Waals surface area (Å²) in [4.78, 5) is 4.47. The fourth-order valence-corrected chi connectivity index (χ4v) is 3.43. The van der Waals surface area contributed by atoms with Crippen molar-refractivity contribution in [2.45, 2.75) is 13.3 Å². The lowest BCUT2D eigenvalue weighted by Crippen LogP contribution is -2.06. The summed E-state index contributed by atoms with van der Waals surface area (Å²) in [6.45, 7) is 3.15. The highest BCUT2D eigenvalue weighted by Gasteiger charge is 2.05. The Labute approximate surface area is 121 Å². The molecule has 4 N–H and O–H groups in total. The second-order valence-electron chi connectivity index (χ2n) is 4.26. The second-order valence-corrected chi connectivity index (χ2v) is 6.72. The maximum Gasteiger partial charge on any atom is 0.0907 e. The molecule has 0 bridgehead atoms. The smallest absolute Gasteiger partial charge is 0.0907 e. The third kappa shape index (κ3) is 3.99. The average Bonchev–Trinajstić information content (AvgIpc) is 2.72. The molecule has 1 heterocycles. The third-order valence-electron chi connectivity index (χ3n) is 2.68. The number of nitrogens with one attached hydrogen (secondary N) is 1. The Bertz CT molecular complexity index is 542. The van der Waals surface area contributed by atoms with E-state index in [9.17, 15) is 0 Å². The van der Waals surface area contributed by atoms with Gasteiger partial charge in [0.05, 0.1) is 26.6 Å². The van der Waals surface area contributed by atoms with Gasteiger partial charge in [0.25, 0.3) is 0 Å². The minimum Gasteiger partial charge on any atom is -0.397 e. The zero-order chi connectivity index (χ0) is 13.7. The Morgan fingerprint density at radius 1 is 1.42 bits per heavy atom. The summed E-state index contributed by atoms with van der Waals surface area (Å²) in [6.07, 6.45) is 0.858. The second kappa shape index (κ2) is 6.98. The molecule has 1 aromatic heterocycles. The van der Waals surface area contributed by atoms with E-state index in [0.717, 1.165) is 51.1 Å². The Balaban J connectivity index is 1.91. The number of hydrogen-bond donors (Lipinski definition) is 3. The number of nitrogens with zero attached hydrogens (tertiary/aromatic N) is 1. The van der Waals surface area contributed by atoms with E-state index >= 15 is 0 Å². The van der Waals surface area contributed by atoms with Crippen molar-refractivity contribution in [2.24, 2.45) is 0 Å². The van der Waals surface area contributed by atoms with Gasteiger partial charge in [-0.25, -0.2) is 4.98 Å². The standard InChI is InChI=1S/C13H19N3OS2/c1-9-16-12-8-11(10(14)7-13(12)19-9)15-3-6-18-5-2-4-17/h7-8,15,17H,2-6,14H2,1H3. The van der Waals surface area contributed by atoms with Gasteiger partial charge in [-0.2, -0.15) is 11.8 Å². The molecular weight excluding hydrogens is 278 g/mol. The highest BCUT2D eigenvalue weighted by atomic mass is 32.2. The fourth-order valence-electron chi connectivity index (χ4n) is 1.78. The first-order valence-electron chi connectivity index (χ1n) is 6.30. The van der Waals surface area contributed by atoms with Crippen molar-refractivity contribution in [3.05, 3.63) is 17.1 Å². The van der Waals surface area contributed by atoms with Crippen molar-refractivity contribution in [2.75, 3.05) is 35.7 Å². The molecule has 0 aliphatic heterocycles. The maximum absolute atomic E-state index is 8.69. The van der Waals surface area contributed by atoms with E-state index in [1.807, 2.05) is 30.8 Å². The molecule has 1 aromatic carbocycles. The first-order chi connectivity index (χ1) is 9.20. The molecule has 0 saturated heterocycles. The predicted molar refractivity (Wildman–Crippen MR) is 86.3 cm³/mol. The number of hydrogen-bond acceptors (Lipinski definition) is 6. The number of aryl methyl sites for hydroxylation is 1. The number of fused-ring (bicyclic) bond motifs is 1. The molecule has 0 unspecified atom stereocenters. The van der Waals surface area contributed by atoms with Crippen LogP contribution in [-0.4, -0.2) is 34.7 Å². The highest BCUT2D eigenvalue weighted by molar-refractivity contribution is 7.99. The molecule has 0 saturated carbocycles. The number of nitrogens with two attached hydrogens (primary N) is 1. The highest BCUT2D eigenvalue weighted by Crippen LogP contribution is 2.29. The van der Waals surface area contributed by atoms with Gasteiger partial charge >= 0.3 is 0 Å². The van der Waals surface area contributed by atoms with Crippen LogP contribution in [0.4, 0.5) is 11.4 Å². The van der Waals surface area contributed by atoms with Gasteiger partial charge in [-0.3, -0.25) is 0 Å². The van der Waals surface area contributed by atoms with E-state index < -0.39 is 0 Å². The number of aromatic nitrogens is 1. The van der Waals surface area contributed by atoms with Gasteiger partial charge in [-0.05, 0) is 31.2 Å². The molecule has 0 radical (unpaired) electrons. The average molecular weight is 297 g/mol. The molecule has 0 amide bonds. The summed E-state index contributed by atoms with van der Waals surface area (Å²) < 4.78 is 1.14. The largest absolute Gasteiger partial charge is 0.397 e. The van der Waals surface area contributed by atoms with Crippen LogP contribution >= 0.6 is 23.1 Å². The van der Waals surface area contributed by atoms with Crippen LogP contribution in [0.3, 0.4) is 0 Å². The molecule has 0 spiro atoms. The van der Waals surface area contributed by atoms with Gasteiger partial charge in [-0.1, -0.05) is 0 Å². The van der Waals surface area contributed by atoms with Crippen LogP contribution in [0.1, 0.15) is 11.4 Å². The van der Waals surface area contributed by atoms with Crippen molar-refractivity contribution < 1.29 is 5.11 Å². The lowest BCUT2D eigenvalue weighted by Gasteiger charge is -2.09. The topological polar surface area (TPSA) is 71.2 Å². The van der Waals surface area contributed by atoms with E-state index in [1.165, 1.54) is 0 Å². The molecule has 19 heavy (non-hydrogen) atoms.